The highest BCUT2D eigenvalue weighted by Crippen LogP contribution is 2.40. The summed E-state index contributed by atoms with van der Waals surface area (Å²) >= 11 is 0. The second-order valence-corrected chi connectivity index (χ2v) is 8.58. The van der Waals surface area contributed by atoms with Crippen LogP contribution in [-0.2, 0) is 34.5 Å². The van der Waals surface area contributed by atoms with E-state index in [9.17, 15) is 13.2 Å². The van der Waals surface area contributed by atoms with Crippen LogP contribution in [0.3, 0.4) is 0 Å². The van der Waals surface area contributed by atoms with E-state index < -0.39 is 28.5 Å². The van der Waals surface area contributed by atoms with Crippen molar-refractivity contribution in [2.75, 3.05) is 10.8 Å². The Labute approximate surface area is 162 Å². The second-order valence-electron chi connectivity index (χ2n) is 6.99. The second kappa shape index (κ2) is 7.06. The van der Waals surface area contributed by atoms with Gasteiger partial charge in [-0.2, -0.15) is 8.42 Å². The molecule has 1 atom stereocenters. The van der Waals surface area contributed by atoms with Crippen molar-refractivity contribution in [3.8, 4) is 5.75 Å². The summed E-state index contributed by atoms with van der Waals surface area (Å²) in [5.41, 5.74) is 7.72. The number of ether oxygens (including phenoxy) is 1. The lowest BCUT2D eigenvalue weighted by Gasteiger charge is -2.27. The zero-order chi connectivity index (χ0) is 19.9. The van der Waals surface area contributed by atoms with Crippen molar-refractivity contribution in [3.05, 3.63) is 58.9 Å². The lowest BCUT2D eigenvalue weighted by Crippen LogP contribution is -2.33. The molecule has 1 amide bonds. The molecule has 9 heteroatoms. The number of hydrogen-bond acceptors (Lipinski definition) is 5. The fraction of sp³-hybridized carbons (Fsp3) is 0.316. The zero-order valence-corrected chi connectivity index (χ0v) is 15.8. The van der Waals surface area contributed by atoms with Gasteiger partial charge in [0.2, 0.25) is 0 Å². The summed E-state index contributed by atoms with van der Waals surface area (Å²) < 4.78 is 48.5. The van der Waals surface area contributed by atoms with E-state index in [1.807, 2.05) is 35.1 Å². The third-order valence-corrected chi connectivity index (χ3v) is 6.33. The Bertz CT molecular complexity index is 1030. The normalized spacial score (nSPS) is 20.6. The maximum absolute atomic E-state index is 15.5. The largest absolute Gasteiger partial charge is 0.487 e. The number of halogens is 1. The fourth-order valence-corrected chi connectivity index (χ4v) is 4.74. The van der Waals surface area contributed by atoms with Crippen LogP contribution < -0.4 is 19.5 Å². The van der Waals surface area contributed by atoms with Gasteiger partial charge in [-0.3, -0.25) is 4.79 Å². The first kappa shape index (κ1) is 18.7. The number of anilines is 1. The van der Waals surface area contributed by atoms with Crippen LogP contribution in [0.15, 0.2) is 36.4 Å². The average molecular weight is 405 g/mol. The summed E-state index contributed by atoms with van der Waals surface area (Å²) in [6.07, 6.45) is 1.60. The molecular formula is C19H20FN3O4S. The Morgan fingerprint density at radius 1 is 1.29 bits per heavy atom. The summed E-state index contributed by atoms with van der Waals surface area (Å²) in [4.78, 5) is 11.7. The van der Waals surface area contributed by atoms with Crippen LogP contribution in [-0.4, -0.2) is 26.9 Å². The highest BCUT2D eigenvalue weighted by atomic mass is 32.2. The quantitative estimate of drug-likeness (QED) is 0.801. The van der Waals surface area contributed by atoms with Crippen molar-refractivity contribution >= 4 is 21.8 Å². The van der Waals surface area contributed by atoms with Crippen LogP contribution >= 0.6 is 0 Å². The first-order chi connectivity index (χ1) is 13.3. The smallest absolute Gasteiger partial charge is 0.326 e. The molecule has 2 aromatic rings. The van der Waals surface area contributed by atoms with E-state index in [1.165, 1.54) is 0 Å². The molecule has 0 spiro atoms. The lowest BCUT2D eigenvalue weighted by atomic mass is 9.87. The van der Waals surface area contributed by atoms with Crippen molar-refractivity contribution in [1.82, 2.24) is 4.72 Å². The molecule has 7 nitrogen and oxygen atoms in total. The van der Waals surface area contributed by atoms with E-state index in [2.05, 4.69) is 0 Å². The van der Waals surface area contributed by atoms with Gasteiger partial charge in [0.15, 0.2) is 5.82 Å². The van der Waals surface area contributed by atoms with Crippen molar-refractivity contribution in [2.24, 2.45) is 5.73 Å². The maximum Gasteiger partial charge on any atom is 0.326 e. The van der Waals surface area contributed by atoms with Crippen LogP contribution in [0.1, 0.15) is 23.1 Å². The Kier molecular flexibility index (Phi) is 4.72. The predicted octanol–water partition coefficient (Wildman–Crippen LogP) is 1.40. The van der Waals surface area contributed by atoms with E-state index in [1.54, 1.807) is 6.07 Å². The number of nitrogens with two attached hydrogens (primary N) is 1. The molecule has 0 radical (unpaired) electrons. The number of rotatable bonds is 4. The highest BCUT2D eigenvalue weighted by molar-refractivity contribution is 7.92. The minimum atomic E-state index is -4.17. The number of aryl methyl sites for hydroxylation is 1. The van der Waals surface area contributed by atoms with E-state index in [4.69, 9.17) is 10.5 Å². The first-order valence-corrected chi connectivity index (χ1v) is 10.4. The number of fused-ring (bicyclic) bond motifs is 1. The molecule has 0 saturated carbocycles. The van der Waals surface area contributed by atoms with Gasteiger partial charge in [-0.05, 0) is 42.0 Å². The van der Waals surface area contributed by atoms with E-state index in [0.717, 1.165) is 15.4 Å². The zero-order valence-electron chi connectivity index (χ0n) is 15.0. The van der Waals surface area contributed by atoms with Crippen molar-refractivity contribution in [1.29, 1.82) is 0 Å². The van der Waals surface area contributed by atoms with Gasteiger partial charge in [-0.25, -0.2) is 13.4 Å². The Hall–Kier alpha value is -2.65. The molecule has 1 saturated heterocycles. The van der Waals surface area contributed by atoms with Gasteiger partial charge in [0.1, 0.15) is 24.6 Å². The molecule has 3 N–H and O–H groups in total. The minimum Gasteiger partial charge on any atom is -0.487 e. The van der Waals surface area contributed by atoms with Crippen LogP contribution in [0.2, 0.25) is 0 Å². The lowest BCUT2D eigenvalue weighted by molar-refractivity contribution is -0.117. The van der Waals surface area contributed by atoms with Crippen LogP contribution in [0.5, 0.6) is 5.75 Å². The monoisotopic (exact) mass is 405 g/mol. The van der Waals surface area contributed by atoms with Crippen molar-refractivity contribution < 1.29 is 22.3 Å². The minimum absolute atomic E-state index is 0.0932. The molecule has 28 heavy (non-hydrogen) atoms. The number of carbonyl (C=O) groups is 1. The molecule has 148 valence electrons. The molecule has 2 aliphatic rings. The molecule has 2 aromatic carbocycles. The number of hydrogen-bond donors (Lipinski definition) is 2. The van der Waals surface area contributed by atoms with Gasteiger partial charge >= 0.3 is 10.2 Å². The third-order valence-electron chi connectivity index (χ3n) is 4.96. The number of benzene rings is 2. The van der Waals surface area contributed by atoms with Crippen LogP contribution in [0.4, 0.5) is 10.1 Å². The molecule has 0 aromatic heterocycles. The van der Waals surface area contributed by atoms with Gasteiger partial charge in [0.25, 0.3) is 5.91 Å². The van der Waals surface area contributed by atoms with Gasteiger partial charge in [-0.15, -0.1) is 0 Å². The molecule has 1 aliphatic carbocycles. The summed E-state index contributed by atoms with van der Waals surface area (Å²) in [6, 6.07) is 10.7. The predicted molar refractivity (Wildman–Crippen MR) is 102 cm³/mol. The summed E-state index contributed by atoms with van der Waals surface area (Å²) in [5, 5.41) is 0. The summed E-state index contributed by atoms with van der Waals surface area (Å²) in [5.74, 6) is -1.32. The van der Waals surface area contributed by atoms with E-state index >= 15 is 4.39 Å². The topological polar surface area (TPSA) is 102 Å². The molecule has 1 aliphatic heterocycles. The highest BCUT2D eigenvalue weighted by Gasteiger charge is 2.39. The number of nitrogens with zero attached hydrogens (tertiary/aromatic N) is 1. The van der Waals surface area contributed by atoms with Crippen LogP contribution in [0.25, 0.3) is 0 Å². The third kappa shape index (κ3) is 3.43. The van der Waals surface area contributed by atoms with Gasteiger partial charge < -0.3 is 10.5 Å². The van der Waals surface area contributed by atoms with Crippen LogP contribution in [0, 0.1) is 5.82 Å². The van der Waals surface area contributed by atoms with Gasteiger partial charge in [-0.1, -0.05) is 30.3 Å². The Morgan fingerprint density at radius 2 is 2.04 bits per heavy atom. The van der Waals surface area contributed by atoms with E-state index in [0.29, 0.717) is 24.8 Å². The molecule has 0 bridgehead atoms. The molecule has 1 fully saturated rings. The number of nitrogens with one attached hydrogen (secondary N) is 1. The summed E-state index contributed by atoms with van der Waals surface area (Å²) in [7, 11) is -4.17. The Morgan fingerprint density at radius 3 is 2.71 bits per heavy atom. The molecule has 1 heterocycles. The maximum atomic E-state index is 15.5. The van der Waals surface area contributed by atoms with E-state index in [-0.39, 0.29) is 24.1 Å². The van der Waals surface area contributed by atoms with Gasteiger partial charge in [0.05, 0.1) is 0 Å². The Balaban J connectivity index is 1.79. The van der Waals surface area contributed by atoms with Crippen molar-refractivity contribution in [3.63, 3.8) is 0 Å². The SMILES string of the molecule is N[C@@H]1CCc2cc(OCc3ccccc3)c(N3CC(=O)NS3(=O)=O)c(F)c2C1. The van der Waals surface area contributed by atoms with Crippen molar-refractivity contribution in [2.45, 2.75) is 31.9 Å². The molecule has 0 unspecified atom stereocenters. The molecule has 4 rings (SSSR count). The first-order valence-electron chi connectivity index (χ1n) is 8.95. The number of carbonyl (C=O) groups excluding carboxylic acids is 1. The fourth-order valence-electron chi connectivity index (χ4n) is 3.58. The average Bonchev–Trinajstić information content (AvgIpc) is 2.93. The van der Waals surface area contributed by atoms with Gasteiger partial charge in [0, 0.05) is 6.04 Å². The summed E-state index contributed by atoms with van der Waals surface area (Å²) in [6.45, 7) is -0.355. The standard InChI is InChI=1S/C19H20FN3O4S/c20-18-15-9-14(21)7-6-13(15)8-16(27-11-12-4-2-1-3-5-12)19(18)23-10-17(24)22-28(23,25)26/h1-5,8,14H,6-7,9-11,21H2,(H,22,24)/t14-/m1/s1. The number of amides is 1. The molecular weight excluding hydrogens is 385 g/mol.